The van der Waals surface area contributed by atoms with Gasteiger partial charge in [0.05, 0.1) is 13.0 Å². The first kappa shape index (κ1) is 8.78. The van der Waals surface area contributed by atoms with Crippen LogP contribution < -0.4 is 0 Å². The van der Waals surface area contributed by atoms with E-state index in [-0.39, 0.29) is 11.9 Å². The third-order valence-corrected chi connectivity index (χ3v) is 1.85. The van der Waals surface area contributed by atoms with Crippen LogP contribution in [0.25, 0.3) is 0 Å². The molecule has 1 aromatic rings. The smallest absolute Gasteiger partial charge is 0.312 e. The molecule has 0 bridgehead atoms. The molecule has 1 aromatic carbocycles. The van der Waals surface area contributed by atoms with Crippen molar-refractivity contribution in [1.82, 2.24) is 0 Å². The lowest BCUT2D eigenvalue weighted by Crippen LogP contribution is -2.10. The highest BCUT2D eigenvalue weighted by atomic mass is 16.5. The number of carbonyl (C=O) groups excluding carboxylic acids is 1. The van der Waals surface area contributed by atoms with E-state index in [1.165, 1.54) is 7.11 Å². The topological polar surface area (TPSA) is 26.3 Å². The molecule has 0 amide bonds. The minimum atomic E-state index is -0.193. The average Bonchev–Trinajstić information content (AvgIpc) is 2.17. The number of benzene rings is 1. The fourth-order valence-corrected chi connectivity index (χ4v) is 1.05. The summed E-state index contributed by atoms with van der Waals surface area (Å²) in [6, 6.07) is 9.58. The van der Waals surface area contributed by atoms with E-state index in [4.69, 9.17) is 0 Å². The lowest BCUT2D eigenvalue weighted by atomic mass is 10.0. The molecule has 0 unspecified atom stereocenters. The number of ether oxygens (including phenoxy) is 1. The molecule has 12 heavy (non-hydrogen) atoms. The summed E-state index contributed by atoms with van der Waals surface area (Å²) in [5.41, 5.74) is 0.990. The van der Waals surface area contributed by atoms with Crippen molar-refractivity contribution in [2.75, 3.05) is 7.11 Å². The van der Waals surface area contributed by atoms with E-state index in [2.05, 4.69) is 4.74 Å². The molecule has 64 valence electrons. The van der Waals surface area contributed by atoms with Crippen molar-refractivity contribution in [3.63, 3.8) is 0 Å². The molecular weight excluding hydrogens is 152 g/mol. The maximum atomic E-state index is 11.1. The molecule has 2 nitrogen and oxygen atoms in total. The maximum absolute atomic E-state index is 11.1. The quantitative estimate of drug-likeness (QED) is 0.624. The van der Waals surface area contributed by atoms with E-state index >= 15 is 0 Å². The van der Waals surface area contributed by atoms with Gasteiger partial charge in [0.15, 0.2) is 0 Å². The molecule has 0 saturated heterocycles. The first-order valence-electron chi connectivity index (χ1n) is 3.88. The van der Waals surface area contributed by atoms with Gasteiger partial charge in [-0.1, -0.05) is 30.3 Å². The Labute approximate surface area is 72.2 Å². The van der Waals surface area contributed by atoms with E-state index < -0.39 is 0 Å². The Morgan fingerprint density at radius 2 is 1.92 bits per heavy atom. The van der Waals surface area contributed by atoms with Crippen LogP contribution in [-0.4, -0.2) is 13.1 Å². The maximum Gasteiger partial charge on any atom is 0.312 e. The summed E-state index contributed by atoms with van der Waals surface area (Å²) >= 11 is 0. The van der Waals surface area contributed by atoms with Gasteiger partial charge in [0, 0.05) is 0 Å². The molecule has 0 aliphatic heterocycles. The molecule has 0 radical (unpaired) electrons. The van der Waals surface area contributed by atoms with Gasteiger partial charge in [-0.25, -0.2) is 0 Å². The van der Waals surface area contributed by atoms with E-state index in [0.717, 1.165) is 5.56 Å². The van der Waals surface area contributed by atoms with Gasteiger partial charge < -0.3 is 4.74 Å². The molecule has 0 fully saturated rings. The SMILES string of the molecule is COC(=O)[C@H](C)c1ccccc1. The van der Waals surface area contributed by atoms with Crippen LogP contribution in [0.1, 0.15) is 18.4 Å². The lowest BCUT2D eigenvalue weighted by molar-refractivity contribution is -0.141. The van der Waals surface area contributed by atoms with Crippen molar-refractivity contribution in [3.05, 3.63) is 35.9 Å². The van der Waals surface area contributed by atoms with Crippen LogP contribution in [0, 0.1) is 0 Å². The highest BCUT2D eigenvalue weighted by Crippen LogP contribution is 2.15. The first-order chi connectivity index (χ1) is 5.75. The van der Waals surface area contributed by atoms with Crippen LogP contribution in [0.3, 0.4) is 0 Å². The van der Waals surface area contributed by atoms with Gasteiger partial charge in [-0.3, -0.25) is 4.79 Å². The van der Waals surface area contributed by atoms with Crippen LogP contribution in [0.5, 0.6) is 0 Å². The van der Waals surface area contributed by atoms with Crippen molar-refractivity contribution in [2.24, 2.45) is 0 Å². The molecule has 0 aromatic heterocycles. The van der Waals surface area contributed by atoms with Gasteiger partial charge in [0.2, 0.25) is 0 Å². The zero-order chi connectivity index (χ0) is 8.97. The van der Waals surface area contributed by atoms with Gasteiger partial charge >= 0.3 is 5.97 Å². The Balaban J connectivity index is 2.78. The minimum Gasteiger partial charge on any atom is -0.469 e. The molecule has 0 aliphatic carbocycles. The fourth-order valence-electron chi connectivity index (χ4n) is 1.05. The first-order valence-corrected chi connectivity index (χ1v) is 3.88. The third-order valence-electron chi connectivity index (χ3n) is 1.85. The highest BCUT2D eigenvalue weighted by Gasteiger charge is 2.14. The number of hydrogen-bond donors (Lipinski definition) is 0. The molecule has 0 spiro atoms. The summed E-state index contributed by atoms with van der Waals surface area (Å²) in [6.45, 7) is 1.83. The second-order valence-corrected chi connectivity index (χ2v) is 2.66. The average molecular weight is 164 g/mol. The zero-order valence-electron chi connectivity index (χ0n) is 7.28. The van der Waals surface area contributed by atoms with Crippen LogP contribution >= 0.6 is 0 Å². The Kier molecular flexibility index (Phi) is 2.86. The lowest BCUT2D eigenvalue weighted by Gasteiger charge is -2.08. The van der Waals surface area contributed by atoms with Crippen molar-refractivity contribution in [1.29, 1.82) is 0 Å². The molecule has 2 heteroatoms. The Morgan fingerprint density at radius 1 is 1.33 bits per heavy atom. The molecule has 1 rings (SSSR count). The second kappa shape index (κ2) is 3.90. The summed E-state index contributed by atoms with van der Waals surface area (Å²) in [7, 11) is 1.40. The van der Waals surface area contributed by atoms with E-state index in [9.17, 15) is 4.79 Å². The fraction of sp³-hybridized carbons (Fsp3) is 0.300. The normalized spacial score (nSPS) is 12.2. The van der Waals surface area contributed by atoms with Gasteiger partial charge in [-0.2, -0.15) is 0 Å². The number of esters is 1. The highest BCUT2D eigenvalue weighted by molar-refractivity contribution is 5.77. The molecule has 0 N–H and O–H groups in total. The monoisotopic (exact) mass is 164 g/mol. The summed E-state index contributed by atoms with van der Waals surface area (Å²) < 4.78 is 4.63. The van der Waals surface area contributed by atoms with Crippen molar-refractivity contribution in [3.8, 4) is 0 Å². The Morgan fingerprint density at radius 3 is 2.42 bits per heavy atom. The largest absolute Gasteiger partial charge is 0.469 e. The van der Waals surface area contributed by atoms with Gasteiger partial charge in [-0.05, 0) is 12.5 Å². The summed E-state index contributed by atoms with van der Waals surface area (Å²) in [5.74, 6) is -0.364. The standard InChI is InChI=1S/C10H12O2/c1-8(10(11)12-2)9-6-4-3-5-7-9/h3-8H,1-2H3/t8-/m1/s1. The van der Waals surface area contributed by atoms with Crippen LogP contribution in [0.4, 0.5) is 0 Å². The van der Waals surface area contributed by atoms with Crippen molar-refractivity contribution in [2.45, 2.75) is 12.8 Å². The van der Waals surface area contributed by atoms with Gasteiger partial charge in [0.1, 0.15) is 0 Å². The van der Waals surface area contributed by atoms with E-state index in [1.54, 1.807) is 0 Å². The third kappa shape index (κ3) is 1.84. The molecule has 0 heterocycles. The summed E-state index contributed by atoms with van der Waals surface area (Å²) in [6.07, 6.45) is 0. The summed E-state index contributed by atoms with van der Waals surface area (Å²) in [5, 5.41) is 0. The minimum absolute atomic E-state index is 0.170. The zero-order valence-corrected chi connectivity index (χ0v) is 7.28. The van der Waals surface area contributed by atoms with Crippen molar-refractivity contribution < 1.29 is 9.53 Å². The van der Waals surface area contributed by atoms with Gasteiger partial charge in [-0.15, -0.1) is 0 Å². The predicted molar refractivity (Wildman–Crippen MR) is 46.9 cm³/mol. The number of carbonyl (C=O) groups is 1. The number of rotatable bonds is 2. The van der Waals surface area contributed by atoms with Gasteiger partial charge in [0.25, 0.3) is 0 Å². The second-order valence-electron chi connectivity index (χ2n) is 2.66. The Hall–Kier alpha value is -1.31. The molecule has 0 saturated carbocycles. The molecule has 1 atom stereocenters. The predicted octanol–water partition coefficient (Wildman–Crippen LogP) is 1.96. The van der Waals surface area contributed by atoms with Crippen LogP contribution in [0.2, 0.25) is 0 Å². The van der Waals surface area contributed by atoms with Crippen molar-refractivity contribution >= 4 is 5.97 Å². The van der Waals surface area contributed by atoms with Crippen LogP contribution in [-0.2, 0) is 9.53 Å². The molecular formula is C10H12O2. The van der Waals surface area contributed by atoms with E-state index in [1.807, 2.05) is 37.3 Å². The van der Waals surface area contributed by atoms with E-state index in [0.29, 0.717) is 0 Å². The molecule has 0 aliphatic rings. The number of hydrogen-bond acceptors (Lipinski definition) is 2. The van der Waals surface area contributed by atoms with Crippen LogP contribution in [0.15, 0.2) is 30.3 Å². The Bertz CT molecular complexity index is 254. The number of methoxy groups -OCH3 is 1. The summed E-state index contributed by atoms with van der Waals surface area (Å²) in [4.78, 5) is 11.1.